The molecule has 0 aliphatic heterocycles. The summed E-state index contributed by atoms with van der Waals surface area (Å²) in [6, 6.07) is 4.30. The van der Waals surface area contributed by atoms with Gasteiger partial charge in [0.1, 0.15) is 5.01 Å². The maximum absolute atomic E-state index is 4.47. The van der Waals surface area contributed by atoms with Gasteiger partial charge in [0.05, 0.1) is 6.54 Å². The highest BCUT2D eigenvalue weighted by Crippen LogP contribution is 2.14. The molecule has 0 N–H and O–H groups in total. The second kappa shape index (κ2) is 3.58. The molecule has 2 nitrogen and oxygen atoms in total. The second-order valence-electron chi connectivity index (χ2n) is 3.58. The molecular weight excluding hydrogens is 192 g/mol. The minimum atomic E-state index is 0.906. The van der Waals surface area contributed by atoms with Gasteiger partial charge in [0.25, 0.3) is 0 Å². The molecule has 0 bridgehead atoms. The maximum atomic E-state index is 4.47. The van der Waals surface area contributed by atoms with E-state index in [4.69, 9.17) is 0 Å². The van der Waals surface area contributed by atoms with Crippen molar-refractivity contribution in [2.75, 3.05) is 0 Å². The quantitative estimate of drug-likeness (QED) is 0.738. The molecule has 0 aliphatic carbocycles. The predicted octanol–water partition coefficient (Wildman–Crippen LogP) is 2.92. The lowest BCUT2D eigenvalue weighted by molar-refractivity contribution is 0.743. The van der Waals surface area contributed by atoms with Crippen LogP contribution in [0.5, 0.6) is 0 Å². The molecule has 0 saturated heterocycles. The highest BCUT2D eigenvalue weighted by atomic mass is 32.1. The number of rotatable bonds is 2. The summed E-state index contributed by atoms with van der Waals surface area (Å²) in [6.07, 6.45) is 0. The zero-order valence-corrected chi connectivity index (χ0v) is 9.56. The summed E-state index contributed by atoms with van der Waals surface area (Å²) < 4.78 is 2.29. The Kier molecular flexibility index (Phi) is 2.42. The average molecular weight is 206 g/mol. The van der Waals surface area contributed by atoms with E-state index in [1.807, 2.05) is 6.92 Å². The molecule has 0 saturated carbocycles. The summed E-state index contributed by atoms with van der Waals surface area (Å²) in [7, 11) is 0. The lowest BCUT2D eigenvalue weighted by Crippen LogP contribution is -2.03. The standard InChI is InChI=1S/C11H14N2S/c1-8-7-14-11(12-8)6-13-9(2)4-5-10(13)3/h4-5,7H,6H2,1-3H3. The van der Waals surface area contributed by atoms with Gasteiger partial charge in [-0.1, -0.05) is 0 Å². The van der Waals surface area contributed by atoms with E-state index in [9.17, 15) is 0 Å². The number of thiazole rings is 1. The number of hydrogen-bond acceptors (Lipinski definition) is 2. The first-order chi connectivity index (χ1) is 6.66. The van der Waals surface area contributed by atoms with Crippen molar-refractivity contribution in [3.05, 3.63) is 39.6 Å². The Balaban J connectivity index is 2.26. The summed E-state index contributed by atoms with van der Waals surface area (Å²) in [5, 5.41) is 3.29. The molecule has 0 amide bonds. The molecule has 2 rings (SSSR count). The SMILES string of the molecule is Cc1csc(Cn2c(C)ccc2C)n1. The van der Waals surface area contributed by atoms with E-state index in [1.165, 1.54) is 16.4 Å². The van der Waals surface area contributed by atoms with Gasteiger partial charge in [-0.05, 0) is 32.9 Å². The third-order valence-corrected chi connectivity index (χ3v) is 3.33. The number of nitrogens with zero attached hydrogens (tertiary/aromatic N) is 2. The van der Waals surface area contributed by atoms with Crippen LogP contribution in [0.4, 0.5) is 0 Å². The molecule has 0 radical (unpaired) electrons. The van der Waals surface area contributed by atoms with E-state index >= 15 is 0 Å². The zero-order valence-electron chi connectivity index (χ0n) is 8.74. The van der Waals surface area contributed by atoms with Gasteiger partial charge in [0.2, 0.25) is 0 Å². The van der Waals surface area contributed by atoms with Gasteiger partial charge in [-0.25, -0.2) is 4.98 Å². The molecule has 3 heteroatoms. The van der Waals surface area contributed by atoms with E-state index in [0.717, 1.165) is 12.2 Å². The van der Waals surface area contributed by atoms with E-state index in [0.29, 0.717) is 0 Å². The minimum absolute atomic E-state index is 0.906. The van der Waals surface area contributed by atoms with Gasteiger partial charge in [-0.15, -0.1) is 11.3 Å². The zero-order chi connectivity index (χ0) is 10.1. The number of aromatic nitrogens is 2. The first kappa shape index (κ1) is 9.46. The van der Waals surface area contributed by atoms with Crippen molar-refractivity contribution < 1.29 is 0 Å². The van der Waals surface area contributed by atoms with Crippen LogP contribution in [0.15, 0.2) is 17.5 Å². The van der Waals surface area contributed by atoms with Gasteiger partial charge < -0.3 is 4.57 Å². The van der Waals surface area contributed by atoms with Crippen molar-refractivity contribution in [3.63, 3.8) is 0 Å². The summed E-state index contributed by atoms with van der Waals surface area (Å²) in [4.78, 5) is 4.47. The Hall–Kier alpha value is -1.09. The fourth-order valence-electron chi connectivity index (χ4n) is 1.56. The maximum Gasteiger partial charge on any atom is 0.113 e. The largest absolute Gasteiger partial charge is 0.342 e. The molecule has 14 heavy (non-hydrogen) atoms. The summed E-state index contributed by atoms with van der Waals surface area (Å²) >= 11 is 1.73. The first-order valence-corrected chi connectivity index (χ1v) is 5.58. The average Bonchev–Trinajstić information content (AvgIpc) is 2.67. The summed E-state index contributed by atoms with van der Waals surface area (Å²) in [5.41, 5.74) is 3.72. The lowest BCUT2D eigenvalue weighted by Gasteiger charge is -2.06. The normalized spacial score (nSPS) is 10.8. The van der Waals surface area contributed by atoms with Gasteiger partial charge >= 0.3 is 0 Å². The summed E-state index contributed by atoms with van der Waals surface area (Å²) in [6.45, 7) is 7.21. The Morgan fingerprint density at radius 1 is 1.21 bits per heavy atom. The van der Waals surface area contributed by atoms with Crippen molar-refractivity contribution in [1.29, 1.82) is 0 Å². The molecule has 74 valence electrons. The van der Waals surface area contributed by atoms with Crippen LogP contribution in [0.3, 0.4) is 0 Å². The molecule has 0 fully saturated rings. The van der Waals surface area contributed by atoms with Crippen molar-refractivity contribution in [1.82, 2.24) is 9.55 Å². The van der Waals surface area contributed by atoms with Crippen molar-refractivity contribution in [2.24, 2.45) is 0 Å². The van der Waals surface area contributed by atoms with Crippen LogP contribution >= 0.6 is 11.3 Å². The number of hydrogen-bond donors (Lipinski definition) is 0. The van der Waals surface area contributed by atoms with Gasteiger partial charge in [0, 0.05) is 22.5 Å². The van der Waals surface area contributed by atoms with Crippen LogP contribution in [0.25, 0.3) is 0 Å². The van der Waals surface area contributed by atoms with E-state index in [-0.39, 0.29) is 0 Å². The van der Waals surface area contributed by atoms with Gasteiger partial charge in [-0.3, -0.25) is 0 Å². The Morgan fingerprint density at radius 2 is 1.86 bits per heavy atom. The second-order valence-corrected chi connectivity index (χ2v) is 4.53. The van der Waals surface area contributed by atoms with Gasteiger partial charge in [-0.2, -0.15) is 0 Å². The Bertz CT molecular complexity index is 420. The van der Waals surface area contributed by atoms with E-state index in [2.05, 4.69) is 40.9 Å². The van der Waals surface area contributed by atoms with E-state index < -0.39 is 0 Å². The van der Waals surface area contributed by atoms with Crippen LogP contribution < -0.4 is 0 Å². The van der Waals surface area contributed by atoms with Gasteiger partial charge in [0.15, 0.2) is 0 Å². The molecule has 0 atom stereocenters. The van der Waals surface area contributed by atoms with Crippen LogP contribution in [0.1, 0.15) is 22.1 Å². The molecule has 2 aromatic heterocycles. The van der Waals surface area contributed by atoms with Crippen molar-refractivity contribution in [2.45, 2.75) is 27.3 Å². The number of aryl methyl sites for hydroxylation is 3. The van der Waals surface area contributed by atoms with E-state index in [1.54, 1.807) is 11.3 Å². The smallest absolute Gasteiger partial charge is 0.113 e. The molecule has 2 heterocycles. The predicted molar refractivity (Wildman–Crippen MR) is 59.9 cm³/mol. The third kappa shape index (κ3) is 1.73. The minimum Gasteiger partial charge on any atom is -0.342 e. The summed E-state index contributed by atoms with van der Waals surface area (Å²) in [5.74, 6) is 0. The van der Waals surface area contributed by atoms with Crippen molar-refractivity contribution >= 4 is 11.3 Å². The fourth-order valence-corrected chi connectivity index (χ4v) is 2.32. The molecule has 2 aromatic rings. The first-order valence-electron chi connectivity index (χ1n) is 4.70. The van der Waals surface area contributed by atoms with Crippen LogP contribution in [-0.2, 0) is 6.54 Å². The highest BCUT2D eigenvalue weighted by Gasteiger charge is 2.04. The van der Waals surface area contributed by atoms with Crippen LogP contribution in [0.2, 0.25) is 0 Å². The monoisotopic (exact) mass is 206 g/mol. The third-order valence-electron chi connectivity index (χ3n) is 2.38. The molecule has 0 spiro atoms. The van der Waals surface area contributed by atoms with Crippen molar-refractivity contribution in [3.8, 4) is 0 Å². The topological polar surface area (TPSA) is 17.8 Å². The molecule has 0 aromatic carbocycles. The molecule has 0 unspecified atom stereocenters. The van der Waals surface area contributed by atoms with Crippen LogP contribution in [0, 0.1) is 20.8 Å². The van der Waals surface area contributed by atoms with Crippen LogP contribution in [-0.4, -0.2) is 9.55 Å². The lowest BCUT2D eigenvalue weighted by atomic mass is 10.5. The molecular formula is C11H14N2S. The molecule has 0 aliphatic rings. The highest BCUT2D eigenvalue weighted by molar-refractivity contribution is 7.09. The fraction of sp³-hybridized carbons (Fsp3) is 0.364. The Labute approximate surface area is 88.2 Å². The Morgan fingerprint density at radius 3 is 2.36 bits per heavy atom.